The molecule has 18 heavy (non-hydrogen) atoms. The molecule has 0 aromatic carbocycles. The Hall–Kier alpha value is -0.970. The summed E-state index contributed by atoms with van der Waals surface area (Å²) in [7, 11) is 0. The predicted octanol–water partition coefficient (Wildman–Crippen LogP) is 3.24. The van der Waals surface area contributed by atoms with Crippen molar-refractivity contribution in [2.75, 3.05) is 6.54 Å². The number of aryl methyl sites for hydroxylation is 1. The van der Waals surface area contributed by atoms with Crippen LogP contribution in [0.2, 0.25) is 5.02 Å². The van der Waals surface area contributed by atoms with Crippen LogP contribution in [-0.2, 0) is 6.42 Å². The highest BCUT2D eigenvalue weighted by Gasteiger charge is 2.24. The van der Waals surface area contributed by atoms with Crippen LogP contribution in [0.15, 0.2) is 18.3 Å². The number of hydrogen-bond donors (Lipinski definition) is 1. The standard InChI is InChI=1S/C13H14ClN3S/c14-9-4-2-6-16-12(9)13-17-11-8(7-15)3-1-5-10(11)18-13/h2,4,6,8H,1,3,5,7,15H2. The number of fused-ring (bicyclic) bond motifs is 1. The molecule has 0 radical (unpaired) electrons. The van der Waals surface area contributed by atoms with E-state index in [1.54, 1.807) is 17.5 Å². The van der Waals surface area contributed by atoms with Gasteiger partial charge in [0, 0.05) is 23.5 Å². The third-order valence-electron chi connectivity index (χ3n) is 3.32. The average molecular weight is 280 g/mol. The quantitative estimate of drug-likeness (QED) is 0.918. The lowest BCUT2D eigenvalue weighted by atomic mass is 9.91. The molecule has 0 amide bonds. The van der Waals surface area contributed by atoms with E-state index in [-0.39, 0.29) is 0 Å². The van der Waals surface area contributed by atoms with E-state index in [4.69, 9.17) is 22.3 Å². The maximum Gasteiger partial charge on any atom is 0.143 e. The fourth-order valence-corrected chi connectivity index (χ4v) is 3.85. The van der Waals surface area contributed by atoms with E-state index in [1.165, 1.54) is 17.0 Å². The molecule has 0 fully saturated rings. The number of aromatic nitrogens is 2. The lowest BCUT2D eigenvalue weighted by molar-refractivity contribution is 0.554. The summed E-state index contributed by atoms with van der Waals surface area (Å²) in [5, 5.41) is 1.58. The van der Waals surface area contributed by atoms with E-state index in [1.807, 2.05) is 12.1 Å². The second-order valence-electron chi connectivity index (χ2n) is 4.49. The summed E-state index contributed by atoms with van der Waals surface area (Å²) in [6.45, 7) is 0.673. The Kier molecular flexibility index (Phi) is 3.33. The largest absolute Gasteiger partial charge is 0.330 e. The van der Waals surface area contributed by atoms with Gasteiger partial charge in [-0.15, -0.1) is 11.3 Å². The second-order valence-corrected chi connectivity index (χ2v) is 5.98. The van der Waals surface area contributed by atoms with Crippen LogP contribution in [0.4, 0.5) is 0 Å². The Balaban J connectivity index is 2.05. The molecule has 1 unspecified atom stereocenters. The van der Waals surface area contributed by atoms with Gasteiger partial charge in [-0.25, -0.2) is 4.98 Å². The molecule has 1 aliphatic carbocycles. The summed E-state index contributed by atoms with van der Waals surface area (Å²) < 4.78 is 0. The normalized spacial score (nSPS) is 18.7. The molecule has 0 spiro atoms. The fourth-order valence-electron chi connectivity index (χ4n) is 2.38. The van der Waals surface area contributed by atoms with Gasteiger partial charge in [-0.05, 0) is 31.4 Å². The minimum atomic E-state index is 0.404. The van der Waals surface area contributed by atoms with E-state index in [2.05, 4.69) is 4.98 Å². The van der Waals surface area contributed by atoms with E-state index in [9.17, 15) is 0 Å². The molecule has 5 heteroatoms. The lowest BCUT2D eigenvalue weighted by Crippen LogP contribution is -2.17. The molecule has 1 atom stereocenters. The predicted molar refractivity (Wildman–Crippen MR) is 75.1 cm³/mol. The average Bonchev–Trinajstić information content (AvgIpc) is 2.82. The van der Waals surface area contributed by atoms with Gasteiger partial charge in [0.15, 0.2) is 0 Å². The number of pyridine rings is 1. The van der Waals surface area contributed by atoms with Crippen LogP contribution >= 0.6 is 22.9 Å². The van der Waals surface area contributed by atoms with Crippen molar-refractivity contribution in [3.05, 3.63) is 33.9 Å². The molecule has 2 N–H and O–H groups in total. The van der Waals surface area contributed by atoms with Crippen molar-refractivity contribution in [2.24, 2.45) is 5.73 Å². The fraction of sp³-hybridized carbons (Fsp3) is 0.385. The van der Waals surface area contributed by atoms with Crippen LogP contribution in [0.25, 0.3) is 10.7 Å². The van der Waals surface area contributed by atoms with Crippen LogP contribution in [0.5, 0.6) is 0 Å². The minimum Gasteiger partial charge on any atom is -0.330 e. The van der Waals surface area contributed by atoms with E-state index >= 15 is 0 Å². The molecule has 0 saturated heterocycles. The molecule has 3 nitrogen and oxygen atoms in total. The van der Waals surface area contributed by atoms with Gasteiger partial charge >= 0.3 is 0 Å². The number of nitrogens with zero attached hydrogens (tertiary/aromatic N) is 2. The first kappa shape index (κ1) is 12.1. The molecular weight excluding hydrogens is 266 g/mol. The van der Waals surface area contributed by atoms with Gasteiger partial charge in [-0.3, -0.25) is 4.98 Å². The van der Waals surface area contributed by atoms with E-state index < -0.39 is 0 Å². The van der Waals surface area contributed by atoms with E-state index in [0.29, 0.717) is 17.5 Å². The van der Waals surface area contributed by atoms with Gasteiger partial charge in [-0.1, -0.05) is 11.6 Å². The number of nitrogens with two attached hydrogens (primary N) is 1. The molecule has 2 aromatic heterocycles. The zero-order valence-electron chi connectivity index (χ0n) is 9.90. The summed E-state index contributed by atoms with van der Waals surface area (Å²) in [4.78, 5) is 10.4. The van der Waals surface area contributed by atoms with Crippen molar-refractivity contribution in [1.29, 1.82) is 0 Å². The van der Waals surface area contributed by atoms with Crippen molar-refractivity contribution in [1.82, 2.24) is 9.97 Å². The molecule has 94 valence electrons. The topological polar surface area (TPSA) is 51.8 Å². The summed E-state index contributed by atoms with van der Waals surface area (Å²) in [6.07, 6.45) is 5.20. The van der Waals surface area contributed by atoms with Gasteiger partial charge in [0.2, 0.25) is 0 Å². The zero-order chi connectivity index (χ0) is 12.5. The number of thiazole rings is 1. The van der Waals surface area contributed by atoms with Gasteiger partial charge in [0.05, 0.1) is 10.7 Å². The molecule has 2 aromatic rings. The number of hydrogen-bond acceptors (Lipinski definition) is 4. The highest BCUT2D eigenvalue weighted by molar-refractivity contribution is 7.15. The van der Waals surface area contributed by atoms with Crippen molar-refractivity contribution in [2.45, 2.75) is 25.2 Å². The third kappa shape index (κ3) is 2.05. The maximum absolute atomic E-state index is 6.17. The summed E-state index contributed by atoms with van der Waals surface area (Å²) in [6, 6.07) is 3.69. The first-order valence-corrected chi connectivity index (χ1v) is 7.29. The third-order valence-corrected chi connectivity index (χ3v) is 4.76. The van der Waals surface area contributed by atoms with Crippen LogP contribution in [-0.4, -0.2) is 16.5 Å². The van der Waals surface area contributed by atoms with Crippen LogP contribution in [0.1, 0.15) is 29.3 Å². The maximum atomic E-state index is 6.17. The molecule has 0 bridgehead atoms. The summed E-state index contributed by atoms with van der Waals surface area (Å²) >= 11 is 7.88. The van der Waals surface area contributed by atoms with Gasteiger partial charge in [-0.2, -0.15) is 0 Å². The van der Waals surface area contributed by atoms with Gasteiger partial charge in [0.25, 0.3) is 0 Å². The van der Waals surface area contributed by atoms with Crippen molar-refractivity contribution in [3.63, 3.8) is 0 Å². The molecule has 2 heterocycles. The van der Waals surface area contributed by atoms with Crippen molar-refractivity contribution in [3.8, 4) is 10.7 Å². The molecule has 0 saturated carbocycles. The van der Waals surface area contributed by atoms with Crippen LogP contribution in [0.3, 0.4) is 0 Å². The van der Waals surface area contributed by atoms with Gasteiger partial charge in [0.1, 0.15) is 10.7 Å². The first-order valence-electron chi connectivity index (χ1n) is 6.10. The first-order chi connectivity index (χ1) is 8.79. The molecule has 3 rings (SSSR count). The molecule has 1 aliphatic rings. The number of halogens is 1. The Bertz CT molecular complexity index is 567. The highest BCUT2D eigenvalue weighted by atomic mass is 35.5. The SMILES string of the molecule is NCC1CCCc2sc(-c3ncccc3Cl)nc21. The van der Waals surface area contributed by atoms with Crippen LogP contribution in [0, 0.1) is 0 Å². The Labute approximate surface area is 115 Å². The second kappa shape index (κ2) is 4.96. The highest BCUT2D eigenvalue weighted by Crippen LogP contribution is 2.38. The van der Waals surface area contributed by atoms with E-state index in [0.717, 1.165) is 23.5 Å². The molecule has 0 aliphatic heterocycles. The summed E-state index contributed by atoms with van der Waals surface area (Å²) in [5.74, 6) is 0.404. The Morgan fingerprint density at radius 2 is 2.39 bits per heavy atom. The van der Waals surface area contributed by atoms with Crippen LogP contribution < -0.4 is 5.73 Å². The zero-order valence-corrected chi connectivity index (χ0v) is 11.5. The lowest BCUT2D eigenvalue weighted by Gasteiger charge is -2.18. The monoisotopic (exact) mass is 279 g/mol. The Morgan fingerprint density at radius 3 is 3.17 bits per heavy atom. The minimum absolute atomic E-state index is 0.404. The Morgan fingerprint density at radius 1 is 1.50 bits per heavy atom. The van der Waals surface area contributed by atoms with Crippen molar-refractivity contribution < 1.29 is 0 Å². The summed E-state index contributed by atoms with van der Waals surface area (Å²) in [5.41, 5.74) is 7.78. The smallest absolute Gasteiger partial charge is 0.143 e. The number of rotatable bonds is 2. The van der Waals surface area contributed by atoms with Crippen molar-refractivity contribution >= 4 is 22.9 Å². The van der Waals surface area contributed by atoms with Gasteiger partial charge < -0.3 is 5.73 Å². The molecular formula is C13H14ClN3S.